The SMILES string of the molecule is CCC(=O)N1CCc2cc(Br)c(S(=O)(=O)N3CCCC(C(=O)NCCN4CCOCC4)C3)cc21. The molecular weight excluding hydrogens is 524 g/mol. The highest BCUT2D eigenvalue weighted by atomic mass is 79.9. The molecule has 11 heteroatoms. The van der Waals surface area contributed by atoms with Crippen LogP contribution in [0.4, 0.5) is 5.69 Å². The Kier molecular flexibility index (Phi) is 8.29. The fourth-order valence-electron chi connectivity index (χ4n) is 4.86. The first kappa shape index (κ1) is 25.6. The van der Waals surface area contributed by atoms with Crippen molar-refractivity contribution in [3.63, 3.8) is 0 Å². The topological polar surface area (TPSA) is 99.3 Å². The van der Waals surface area contributed by atoms with Gasteiger partial charge in [0.2, 0.25) is 21.8 Å². The number of benzene rings is 1. The zero-order chi connectivity index (χ0) is 24.3. The van der Waals surface area contributed by atoms with Crippen LogP contribution in [0.25, 0.3) is 0 Å². The van der Waals surface area contributed by atoms with E-state index in [2.05, 4.69) is 26.1 Å². The molecule has 0 bridgehead atoms. The summed E-state index contributed by atoms with van der Waals surface area (Å²) in [6.45, 7) is 7.36. The number of hydrogen-bond acceptors (Lipinski definition) is 6. The third kappa shape index (κ3) is 5.48. The highest BCUT2D eigenvalue weighted by Crippen LogP contribution is 2.37. The van der Waals surface area contributed by atoms with Crippen molar-refractivity contribution in [3.8, 4) is 0 Å². The van der Waals surface area contributed by atoms with E-state index in [-0.39, 0.29) is 29.2 Å². The van der Waals surface area contributed by atoms with E-state index in [9.17, 15) is 18.0 Å². The summed E-state index contributed by atoms with van der Waals surface area (Å²) in [4.78, 5) is 29.2. The van der Waals surface area contributed by atoms with Crippen molar-refractivity contribution in [2.45, 2.75) is 37.5 Å². The molecule has 1 aromatic rings. The predicted molar refractivity (Wildman–Crippen MR) is 132 cm³/mol. The quantitative estimate of drug-likeness (QED) is 0.547. The Hall–Kier alpha value is -1.53. The van der Waals surface area contributed by atoms with Gasteiger partial charge in [-0.1, -0.05) is 6.92 Å². The minimum absolute atomic E-state index is 0.0174. The van der Waals surface area contributed by atoms with Gasteiger partial charge in [-0.2, -0.15) is 4.31 Å². The average Bonchev–Trinajstić information content (AvgIpc) is 3.26. The Morgan fingerprint density at radius 2 is 1.94 bits per heavy atom. The summed E-state index contributed by atoms with van der Waals surface area (Å²) < 4.78 is 34.4. The molecule has 34 heavy (non-hydrogen) atoms. The van der Waals surface area contributed by atoms with Crippen molar-refractivity contribution in [3.05, 3.63) is 22.2 Å². The minimum Gasteiger partial charge on any atom is -0.379 e. The summed E-state index contributed by atoms with van der Waals surface area (Å²) in [5, 5.41) is 2.99. The average molecular weight is 558 g/mol. The molecule has 0 aliphatic carbocycles. The van der Waals surface area contributed by atoms with Crippen LogP contribution in [0, 0.1) is 5.92 Å². The largest absolute Gasteiger partial charge is 0.379 e. The first-order chi connectivity index (χ1) is 16.3. The van der Waals surface area contributed by atoms with Gasteiger partial charge in [0, 0.05) is 62.4 Å². The van der Waals surface area contributed by atoms with Crippen LogP contribution in [0.2, 0.25) is 0 Å². The van der Waals surface area contributed by atoms with E-state index in [1.165, 1.54) is 4.31 Å². The lowest BCUT2D eigenvalue weighted by molar-refractivity contribution is -0.126. The minimum atomic E-state index is -3.83. The fourth-order valence-corrected chi connectivity index (χ4v) is 7.45. The molecule has 0 saturated carbocycles. The van der Waals surface area contributed by atoms with Gasteiger partial charge < -0.3 is 15.0 Å². The van der Waals surface area contributed by atoms with Gasteiger partial charge in [-0.05, 0) is 52.9 Å². The van der Waals surface area contributed by atoms with Gasteiger partial charge >= 0.3 is 0 Å². The Morgan fingerprint density at radius 3 is 2.68 bits per heavy atom. The van der Waals surface area contributed by atoms with E-state index < -0.39 is 10.0 Å². The smallest absolute Gasteiger partial charge is 0.244 e. The first-order valence-electron chi connectivity index (χ1n) is 12.0. The summed E-state index contributed by atoms with van der Waals surface area (Å²) in [5.74, 6) is -0.489. The van der Waals surface area contributed by atoms with Gasteiger partial charge in [-0.3, -0.25) is 14.5 Å². The summed E-state index contributed by atoms with van der Waals surface area (Å²) in [7, 11) is -3.83. The maximum absolute atomic E-state index is 13.6. The van der Waals surface area contributed by atoms with Crippen LogP contribution in [0.15, 0.2) is 21.5 Å². The standard InChI is InChI=1S/C23H33BrN4O5S/c1-2-22(29)28-8-5-17-14-19(24)21(15-20(17)28)34(31,32)27-7-3-4-18(16-27)23(30)25-6-9-26-10-12-33-13-11-26/h14-15,18H,2-13,16H2,1H3,(H,25,30). The molecule has 2 saturated heterocycles. The number of hydrogen-bond donors (Lipinski definition) is 1. The molecule has 3 aliphatic heterocycles. The van der Waals surface area contributed by atoms with E-state index in [1.54, 1.807) is 17.9 Å². The second kappa shape index (κ2) is 11.0. The number of fused-ring (bicyclic) bond motifs is 1. The van der Waals surface area contributed by atoms with Crippen molar-refractivity contribution in [2.24, 2.45) is 5.92 Å². The predicted octanol–water partition coefficient (Wildman–Crippen LogP) is 1.60. The molecule has 3 aliphatic rings. The Morgan fingerprint density at radius 1 is 1.18 bits per heavy atom. The maximum Gasteiger partial charge on any atom is 0.244 e. The van der Waals surface area contributed by atoms with Crippen LogP contribution in [-0.4, -0.2) is 88.5 Å². The molecule has 1 unspecified atom stereocenters. The molecule has 9 nitrogen and oxygen atoms in total. The highest BCUT2D eigenvalue weighted by Gasteiger charge is 2.36. The number of morpholine rings is 1. The monoisotopic (exact) mass is 556 g/mol. The van der Waals surface area contributed by atoms with Crippen molar-refractivity contribution in [2.75, 3.05) is 63.9 Å². The molecule has 0 spiro atoms. The number of amides is 2. The van der Waals surface area contributed by atoms with Gasteiger partial charge in [0.15, 0.2) is 0 Å². The van der Waals surface area contributed by atoms with E-state index >= 15 is 0 Å². The van der Waals surface area contributed by atoms with Crippen molar-refractivity contribution >= 4 is 43.5 Å². The van der Waals surface area contributed by atoms with Gasteiger partial charge in [0.1, 0.15) is 0 Å². The number of anilines is 1. The highest BCUT2D eigenvalue weighted by molar-refractivity contribution is 9.10. The molecule has 1 aromatic carbocycles. The van der Waals surface area contributed by atoms with Crippen LogP contribution in [0.3, 0.4) is 0 Å². The second-order valence-corrected chi connectivity index (χ2v) is 11.8. The molecule has 188 valence electrons. The van der Waals surface area contributed by atoms with Gasteiger partial charge in [0.25, 0.3) is 0 Å². The molecule has 3 heterocycles. The van der Waals surface area contributed by atoms with E-state index in [0.29, 0.717) is 68.7 Å². The van der Waals surface area contributed by atoms with Crippen molar-refractivity contribution in [1.82, 2.24) is 14.5 Å². The molecule has 4 rings (SSSR count). The lowest BCUT2D eigenvalue weighted by Crippen LogP contribution is -2.47. The number of carbonyl (C=O) groups excluding carboxylic acids is 2. The third-order valence-corrected chi connectivity index (χ3v) is 9.66. The number of sulfonamides is 1. The molecule has 1 atom stereocenters. The maximum atomic E-state index is 13.6. The second-order valence-electron chi connectivity index (χ2n) is 9.01. The lowest BCUT2D eigenvalue weighted by Gasteiger charge is -2.32. The number of piperidine rings is 1. The van der Waals surface area contributed by atoms with Crippen LogP contribution in [0.1, 0.15) is 31.7 Å². The van der Waals surface area contributed by atoms with Gasteiger partial charge in [-0.15, -0.1) is 0 Å². The van der Waals surface area contributed by atoms with E-state index in [0.717, 1.165) is 25.2 Å². The molecular formula is C23H33BrN4O5S. The van der Waals surface area contributed by atoms with E-state index in [1.807, 2.05) is 6.07 Å². The van der Waals surface area contributed by atoms with Crippen molar-refractivity contribution < 1.29 is 22.7 Å². The number of nitrogens with one attached hydrogen (secondary N) is 1. The number of rotatable bonds is 7. The Labute approximate surface area is 210 Å². The first-order valence-corrected chi connectivity index (χ1v) is 14.2. The summed E-state index contributed by atoms with van der Waals surface area (Å²) in [6, 6.07) is 3.42. The summed E-state index contributed by atoms with van der Waals surface area (Å²) >= 11 is 3.44. The van der Waals surface area contributed by atoms with Crippen LogP contribution < -0.4 is 10.2 Å². The van der Waals surface area contributed by atoms with Gasteiger partial charge in [0.05, 0.1) is 24.0 Å². The van der Waals surface area contributed by atoms with Crippen LogP contribution in [-0.2, 0) is 30.8 Å². The number of nitrogens with zero attached hydrogens (tertiary/aromatic N) is 3. The molecule has 2 fully saturated rings. The lowest BCUT2D eigenvalue weighted by atomic mass is 9.99. The zero-order valence-electron chi connectivity index (χ0n) is 19.6. The van der Waals surface area contributed by atoms with Gasteiger partial charge in [-0.25, -0.2) is 8.42 Å². The molecule has 0 radical (unpaired) electrons. The summed E-state index contributed by atoms with van der Waals surface area (Å²) in [6.07, 6.45) is 2.37. The number of carbonyl (C=O) groups is 2. The van der Waals surface area contributed by atoms with Crippen molar-refractivity contribution in [1.29, 1.82) is 0 Å². The zero-order valence-corrected chi connectivity index (χ0v) is 22.0. The number of halogens is 1. The van der Waals surface area contributed by atoms with Crippen LogP contribution in [0.5, 0.6) is 0 Å². The molecule has 2 amide bonds. The van der Waals surface area contributed by atoms with E-state index in [4.69, 9.17) is 4.74 Å². The number of ether oxygens (including phenoxy) is 1. The third-order valence-electron chi connectivity index (χ3n) is 6.84. The summed E-state index contributed by atoms with van der Waals surface area (Å²) in [5.41, 5.74) is 1.63. The fraction of sp³-hybridized carbons (Fsp3) is 0.652. The Balaban J connectivity index is 1.43. The molecule has 1 N–H and O–H groups in total. The molecule has 0 aromatic heterocycles. The van der Waals surface area contributed by atoms with Crippen LogP contribution >= 0.6 is 15.9 Å². The Bertz CT molecular complexity index is 1030. The normalized spacial score (nSPS) is 21.9.